The molecule has 0 fully saturated rings. The summed E-state index contributed by atoms with van der Waals surface area (Å²) in [6.45, 7) is 4.42. The van der Waals surface area contributed by atoms with E-state index in [9.17, 15) is 9.90 Å². The standard InChI is InChI=1S/C14H21NO2/c1-10(2)3-4-11-5-7-12(8-6-11)13(15)9-14(16)17/h5-8,10,13H,3-4,9,15H2,1-2H3,(H,16,17)/t13-/m1/s1. The molecular weight excluding hydrogens is 214 g/mol. The summed E-state index contributed by atoms with van der Waals surface area (Å²) < 4.78 is 0. The number of rotatable bonds is 6. The quantitative estimate of drug-likeness (QED) is 0.788. The van der Waals surface area contributed by atoms with Crippen molar-refractivity contribution in [2.75, 3.05) is 0 Å². The predicted octanol–water partition coefficient (Wildman–Crippen LogP) is 0.698. The normalized spacial score (nSPS) is 12.7. The Balaban J connectivity index is 2.58. The molecule has 1 atom stereocenters. The highest BCUT2D eigenvalue weighted by Gasteiger charge is 2.09. The second-order valence-corrected chi connectivity index (χ2v) is 4.95. The van der Waals surface area contributed by atoms with Crippen LogP contribution in [0, 0.1) is 5.92 Å². The van der Waals surface area contributed by atoms with Crippen molar-refractivity contribution in [3.05, 3.63) is 35.4 Å². The summed E-state index contributed by atoms with van der Waals surface area (Å²) in [5.41, 5.74) is 6.09. The van der Waals surface area contributed by atoms with Crippen molar-refractivity contribution < 1.29 is 15.6 Å². The minimum atomic E-state index is -1.05. The summed E-state index contributed by atoms with van der Waals surface area (Å²) in [5, 5.41) is 10.5. The van der Waals surface area contributed by atoms with Gasteiger partial charge in [0, 0.05) is 18.0 Å². The van der Waals surface area contributed by atoms with Gasteiger partial charge in [-0.3, -0.25) is 0 Å². The molecule has 0 amide bonds. The Morgan fingerprint density at radius 3 is 2.35 bits per heavy atom. The van der Waals surface area contributed by atoms with Crippen LogP contribution in [-0.4, -0.2) is 5.97 Å². The van der Waals surface area contributed by atoms with Crippen LogP contribution in [0.15, 0.2) is 24.3 Å². The summed E-state index contributed by atoms with van der Waals surface area (Å²) in [4.78, 5) is 10.5. The van der Waals surface area contributed by atoms with E-state index in [1.807, 2.05) is 12.1 Å². The molecule has 0 saturated heterocycles. The zero-order valence-corrected chi connectivity index (χ0v) is 10.6. The lowest BCUT2D eigenvalue weighted by Crippen LogP contribution is -2.55. The van der Waals surface area contributed by atoms with Crippen molar-refractivity contribution in [1.29, 1.82) is 0 Å². The SMILES string of the molecule is CC(C)CCc1ccc([C@H]([NH3+])CC(=O)[O-])cc1. The fraction of sp³-hybridized carbons (Fsp3) is 0.500. The Morgan fingerprint density at radius 1 is 1.29 bits per heavy atom. The molecule has 1 aromatic carbocycles. The summed E-state index contributed by atoms with van der Waals surface area (Å²) in [5.74, 6) is -0.345. The Kier molecular flexibility index (Phi) is 5.16. The molecule has 0 aliphatic heterocycles. The van der Waals surface area contributed by atoms with E-state index < -0.39 is 5.97 Å². The number of carboxylic acids is 1. The fourth-order valence-electron chi connectivity index (χ4n) is 1.73. The molecule has 3 N–H and O–H groups in total. The van der Waals surface area contributed by atoms with Crippen LogP contribution in [-0.2, 0) is 11.2 Å². The van der Waals surface area contributed by atoms with E-state index in [1.165, 1.54) is 12.0 Å². The number of hydrogen-bond donors (Lipinski definition) is 1. The minimum Gasteiger partial charge on any atom is -0.550 e. The molecular formula is C14H21NO2. The van der Waals surface area contributed by atoms with Crippen LogP contribution < -0.4 is 10.8 Å². The zero-order valence-electron chi connectivity index (χ0n) is 10.6. The number of aryl methyl sites for hydroxylation is 1. The Hall–Kier alpha value is -1.35. The van der Waals surface area contributed by atoms with Gasteiger partial charge in [-0.05, 0) is 24.3 Å². The molecule has 1 rings (SSSR count). The van der Waals surface area contributed by atoms with Gasteiger partial charge in [0.05, 0.1) is 0 Å². The molecule has 0 heterocycles. The van der Waals surface area contributed by atoms with Crippen molar-refractivity contribution in [3.63, 3.8) is 0 Å². The van der Waals surface area contributed by atoms with Crippen LogP contribution in [0.3, 0.4) is 0 Å². The van der Waals surface area contributed by atoms with Crippen LogP contribution in [0.5, 0.6) is 0 Å². The molecule has 3 heteroatoms. The van der Waals surface area contributed by atoms with Crippen molar-refractivity contribution in [2.45, 2.75) is 39.2 Å². The molecule has 17 heavy (non-hydrogen) atoms. The van der Waals surface area contributed by atoms with E-state index in [2.05, 4.69) is 31.7 Å². The summed E-state index contributed by atoms with van der Waals surface area (Å²) in [6, 6.07) is 7.84. The van der Waals surface area contributed by atoms with Gasteiger partial charge in [-0.2, -0.15) is 0 Å². The van der Waals surface area contributed by atoms with E-state index in [0.717, 1.165) is 12.0 Å². The molecule has 0 bridgehead atoms. The molecule has 3 nitrogen and oxygen atoms in total. The smallest absolute Gasteiger partial charge is 0.115 e. The molecule has 1 aromatic rings. The monoisotopic (exact) mass is 235 g/mol. The summed E-state index contributed by atoms with van der Waals surface area (Å²) in [6.07, 6.45) is 2.22. The average Bonchev–Trinajstić information content (AvgIpc) is 2.26. The largest absolute Gasteiger partial charge is 0.550 e. The van der Waals surface area contributed by atoms with Gasteiger partial charge < -0.3 is 15.6 Å². The molecule has 0 aliphatic carbocycles. The topological polar surface area (TPSA) is 67.8 Å². The van der Waals surface area contributed by atoms with Crippen LogP contribution >= 0.6 is 0 Å². The second-order valence-electron chi connectivity index (χ2n) is 4.95. The first kappa shape index (κ1) is 13.7. The van der Waals surface area contributed by atoms with E-state index in [4.69, 9.17) is 0 Å². The Bertz CT molecular complexity index is 357. The number of hydrogen-bond acceptors (Lipinski definition) is 2. The lowest BCUT2D eigenvalue weighted by Gasteiger charge is -2.10. The molecule has 0 aromatic heterocycles. The maximum atomic E-state index is 10.5. The van der Waals surface area contributed by atoms with Crippen LogP contribution in [0.2, 0.25) is 0 Å². The molecule has 0 unspecified atom stereocenters. The third-order valence-electron chi connectivity index (χ3n) is 2.87. The number of quaternary nitrogens is 1. The number of carboxylic acid groups (broad SMARTS) is 1. The van der Waals surface area contributed by atoms with E-state index >= 15 is 0 Å². The lowest BCUT2D eigenvalue weighted by molar-refractivity contribution is -0.430. The van der Waals surface area contributed by atoms with Gasteiger partial charge in [-0.15, -0.1) is 0 Å². The Morgan fingerprint density at radius 2 is 1.88 bits per heavy atom. The molecule has 0 saturated carbocycles. The number of aliphatic carboxylic acids is 1. The molecule has 0 spiro atoms. The van der Waals surface area contributed by atoms with Gasteiger partial charge in [0.2, 0.25) is 0 Å². The first-order valence-electron chi connectivity index (χ1n) is 6.10. The van der Waals surface area contributed by atoms with Gasteiger partial charge in [-0.1, -0.05) is 38.1 Å². The maximum absolute atomic E-state index is 10.5. The van der Waals surface area contributed by atoms with E-state index in [-0.39, 0.29) is 12.5 Å². The molecule has 0 aliphatic rings. The van der Waals surface area contributed by atoms with Gasteiger partial charge >= 0.3 is 0 Å². The van der Waals surface area contributed by atoms with Crippen LogP contribution in [0.4, 0.5) is 0 Å². The number of carbonyl (C=O) groups excluding carboxylic acids is 1. The van der Waals surface area contributed by atoms with Gasteiger partial charge in [-0.25, -0.2) is 0 Å². The van der Waals surface area contributed by atoms with E-state index in [1.54, 1.807) is 0 Å². The van der Waals surface area contributed by atoms with Crippen molar-refractivity contribution >= 4 is 5.97 Å². The van der Waals surface area contributed by atoms with Gasteiger partial charge in [0.15, 0.2) is 0 Å². The number of benzene rings is 1. The molecule has 94 valence electrons. The van der Waals surface area contributed by atoms with Crippen molar-refractivity contribution in [3.8, 4) is 0 Å². The van der Waals surface area contributed by atoms with Crippen molar-refractivity contribution in [2.24, 2.45) is 5.92 Å². The van der Waals surface area contributed by atoms with Crippen LogP contribution in [0.25, 0.3) is 0 Å². The maximum Gasteiger partial charge on any atom is 0.115 e. The molecule has 0 radical (unpaired) electrons. The summed E-state index contributed by atoms with van der Waals surface area (Å²) in [7, 11) is 0. The second kappa shape index (κ2) is 6.40. The predicted molar refractivity (Wildman–Crippen MR) is 64.9 cm³/mol. The van der Waals surface area contributed by atoms with E-state index in [0.29, 0.717) is 5.92 Å². The zero-order chi connectivity index (χ0) is 12.8. The lowest BCUT2D eigenvalue weighted by atomic mass is 9.99. The van der Waals surface area contributed by atoms with Gasteiger partial charge in [0.1, 0.15) is 6.04 Å². The Labute approximate surface area is 103 Å². The average molecular weight is 235 g/mol. The highest BCUT2D eigenvalue weighted by atomic mass is 16.4. The van der Waals surface area contributed by atoms with Gasteiger partial charge in [0.25, 0.3) is 0 Å². The number of carbonyl (C=O) groups is 1. The fourth-order valence-corrected chi connectivity index (χ4v) is 1.73. The third-order valence-corrected chi connectivity index (χ3v) is 2.87. The highest BCUT2D eigenvalue weighted by molar-refractivity contribution is 5.65. The van der Waals surface area contributed by atoms with Crippen molar-refractivity contribution in [1.82, 2.24) is 0 Å². The summed E-state index contributed by atoms with van der Waals surface area (Å²) >= 11 is 0. The van der Waals surface area contributed by atoms with Crippen LogP contribution in [0.1, 0.15) is 43.9 Å². The highest BCUT2D eigenvalue weighted by Crippen LogP contribution is 2.15. The first-order chi connectivity index (χ1) is 7.99. The first-order valence-corrected chi connectivity index (χ1v) is 6.10. The third kappa shape index (κ3) is 5.00. The minimum absolute atomic E-state index is 0.0225.